The number of carboxylic acid groups (broad SMARTS) is 1. The molecule has 0 spiro atoms. The van der Waals surface area contributed by atoms with Crippen LogP contribution in [0.15, 0.2) is 16.6 Å². The van der Waals surface area contributed by atoms with Crippen LogP contribution in [0, 0.1) is 5.82 Å². The quantitative estimate of drug-likeness (QED) is 0.624. The molecule has 0 bridgehead atoms. The average molecular weight is 382 g/mol. The van der Waals surface area contributed by atoms with Crippen molar-refractivity contribution in [3.63, 3.8) is 0 Å². The molecule has 3 N–H and O–H groups in total. The maximum Gasteiger partial charge on any atom is 0.319 e. The molecule has 21 heavy (non-hydrogen) atoms. The van der Waals surface area contributed by atoms with E-state index in [1.807, 2.05) is 0 Å². The number of unbranched alkanes of at least 4 members (excludes halogenated alkanes) is 2. The number of urea groups is 1. The van der Waals surface area contributed by atoms with Gasteiger partial charge < -0.3 is 15.7 Å². The number of carbonyl (C=O) groups excluding carboxylic acids is 1. The third-order valence-electron chi connectivity index (χ3n) is 2.60. The fourth-order valence-electron chi connectivity index (χ4n) is 1.60. The fourth-order valence-corrected chi connectivity index (χ4v) is 2.50. The predicted octanol–water partition coefficient (Wildman–Crippen LogP) is 4.01. The lowest BCUT2D eigenvalue weighted by molar-refractivity contribution is -0.137. The first kappa shape index (κ1) is 17.7. The number of amides is 2. The molecule has 1 aromatic carbocycles. The standard InChI is InChI=1S/C13H15BrClFN2O3/c14-9-6-8(16)7-10(15)12(9)18-13(21)17-5-3-1-2-4-11(19)20/h6-7H,1-5H2,(H,19,20)(H2,17,18,21). The Balaban J connectivity index is 2.33. The number of carbonyl (C=O) groups is 2. The summed E-state index contributed by atoms with van der Waals surface area (Å²) in [7, 11) is 0. The Bertz CT molecular complexity index is 505. The molecule has 1 aromatic rings. The Hall–Kier alpha value is -1.34. The van der Waals surface area contributed by atoms with Gasteiger partial charge >= 0.3 is 12.0 Å². The molecule has 0 heterocycles. The highest BCUT2D eigenvalue weighted by Crippen LogP contribution is 2.31. The van der Waals surface area contributed by atoms with Gasteiger partial charge in [-0.1, -0.05) is 18.0 Å². The van der Waals surface area contributed by atoms with E-state index in [4.69, 9.17) is 16.7 Å². The van der Waals surface area contributed by atoms with E-state index in [1.165, 1.54) is 6.07 Å². The Morgan fingerprint density at radius 3 is 2.62 bits per heavy atom. The maximum absolute atomic E-state index is 13.0. The van der Waals surface area contributed by atoms with E-state index >= 15 is 0 Å². The molecule has 8 heteroatoms. The van der Waals surface area contributed by atoms with Gasteiger partial charge in [-0.15, -0.1) is 0 Å². The van der Waals surface area contributed by atoms with Gasteiger partial charge in [0.25, 0.3) is 0 Å². The van der Waals surface area contributed by atoms with E-state index in [-0.39, 0.29) is 11.4 Å². The van der Waals surface area contributed by atoms with E-state index < -0.39 is 17.8 Å². The second-order valence-electron chi connectivity index (χ2n) is 4.33. The number of anilines is 1. The summed E-state index contributed by atoms with van der Waals surface area (Å²) in [5, 5.41) is 13.7. The van der Waals surface area contributed by atoms with Crippen LogP contribution in [-0.2, 0) is 4.79 Å². The summed E-state index contributed by atoms with van der Waals surface area (Å²) in [4.78, 5) is 22.0. The maximum atomic E-state index is 13.0. The Kier molecular flexibility index (Phi) is 7.45. The molecule has 0 saturated heterocycles. The minimum absolute atomic E-state index is 0.0958. The second-order valence-corrected chi connectivity index (χ2v) is 5.59. The van der Waals surface area contributed by atoms with Crippen molar-refractivity contribution in [2.75, 3.05) is 11.9 Å². The van der Waals surface area contributed by atoms with Crippen LogP contribution in [0.2, 0.25) is 5.02 Å². The molecule has 0 unspecified atom stereocenters. The first-order chi connectivity index (χ1) is 9.90. The van der Waals surface area contributed by atoms with Crippen LogP contribution < -0.4 is 10.6 Å². The molecule has 116 valence electrons. The Morgan fingerprint density at radius 2 is 2.00 bits per heavy atom. The number of hydrogen-bond acceptors (Lipinski definition) is 2. The molecule has 2 amide bonds. The molecule has 0 aliphatic carbocycles. The zero-order chi connectivity index (χ0) is 15.8. The molecular weight excluding hydrogens is 367 g/mol. The Morgan fingerprint density at radius 1 is 1.29 bits per heavy atom. The highest BCUT2D eigenvalue weighted by atomic mass is 79.9. The van der Waals surface area contributed by atoms with E-state index in [9.17, 15) is 14.0 Å². The minimum Gasteiger partial charge on any atom is -0.481 e. The summed E-state index contributed by atoms with van der Waals surface area (Å²) in [5.74, 6) is -1.33. The normalized spacial score (nSPS) is 10.2. The van der Waals surface area contributed by atoms with Crippen LogP contribution in [0.25, 0.3) is 0 Å². The zero-order valence-corrected chi connectivity index (χ0v) is 13.4. The van der Waals surface area contributed by atoms with Crippen molar-refractivity contribution in [3.8, 4) is 0 Å². The van der Waals surface area contributed by atoms with Gasteiger partial charge in [0.2, 0.25) is 0 Å². The molecule has 5 nitrogen and oxygen atoms in total. The topological polar surface area (TPSA) is 78.4 Å². The summed E-state index contributed by atoms with van der Waals surface area (Å²) in [5.41, 5.74) is 0.293. The number of benzene rings is 1. The zero-order valence-electron chi connectivity index (χ0n) is 11.1. The van der Waals surface area contributed by atoms with Crippen LogP contribution >= 0.6 is 27.5 Å². The van der Waals surface area contributed by atoms with Crippen LogP contribution in [0.3, 0.4) is 0 Å². The van der Waals surface area contributed by atoms with Crippen LogP contribution in [0.1, 0.15) is 25.7 Å². The lowest BCUT2D eigenvalue weighted by Gasteiger charge is -2.11. The summed E-state index contributed by atoms with van der Waals surface area (Å²) < 4.78 is 13.4. The number of rotatable bonds is 7. The van der Waals surface area contributed by atoms with Gasteiger partial charge in [-0.25, -0.2) is 9.18 Å². The average Bonchev–Trinajstić information content (AvgIpc) is 2.37. The van der Waals surface area contributed by atoms with Crippen molar-refractivity contribution in [1.29, 1.82) is 0 Å². The van der Waals surface area contributed by atoms with Crippen LogP contribution in [-0.4, -0.2) is 23.7 Å². The van der Waals surface area contributed by atoms with E-state index in [0.717, 1.165) is 6.07 Å². The third-order valence-corrected chi connectivity index (χ3v) is 3.52. The highest BCUT2D eigenvalue weighted by molar-refractivity contribution is 9.10. The molecule has 0 aliphatic rings. The number of nitrogens with one attached hydrogen (secondary N) is 2. The molecule has 0 atom stereocenters. The van der Waals surface area contributed by atoms with Gasteiger partial charge in [-0.2, -0.15) is 0 Å². The second kappa shape index (κ2) is 8.84. The van der Waals surface area contributed by atoms with Crippen molar-refractivity contribution in [2.45, 2.75) is 25.7 Å². The molecule has 0 aromatic heterocycles. The lowest BCUT2D eigenvalue weighted by Crippen LogP contribution is -2.29. The number of carboxylic acids is 1. The summed E-state index contributed by atoms with van der Waals surface area (Å²) in [6.45, 7) is 0.419. The van der Waals surface area contributed by atoms with Gasteiger partial charge in [0, 0.05) is 17.4 Å². The SMILES string of the molecule is O=C(O)CCCCCNC(=O)Nc1c(Cl)cc(F)cc1Br. The van der Waals surface area contributed by atoms with E-state index in [0.29, 0.717) is 36.0 Å². The lowest BCUT2D eigenvalue weighted by atomic mass is 10.2. The molecule has 0 radical (unpaired) electrons. The van der Waals surface area contributed by atoms with Crippen molar-refractivity contribution >= 4 is 45.2 Å². The van der Waals surface area contributed by atoms with E-state index in [2.05, 4.69) is 26.6 Å². The smallest absolute Gasteiger partial charge is 0.319 e. The minimum atomic E-state index is -0.823. The largest absolute Gasteiger partial charge is 0.481 e. The summed E-state index contributed by atoms with van der Waals surface area (Å²) >= 11 is 8.96. The van der Waals surface area contributed by atoms with Gasteiger partial charge in [0.1, 0.15) is 5.82 Å². The van der Waals surface area contributed by atoms with Gasteiger partial charge in [0.05, 0.1) is 10.7 Å². The Labute approximate surface area is 135 Å². The highest BCUT2D eigenvalue weighted by Gasteiger charge is 2.11. The first-order valence-electron chi connectivity index (χ1n) is 6.31. The molecule has 0 saturated carbocycles. The van der Waals surface area contributed by atoms with Crippen molar-refractivity contribution < 1.29 is 19.1 Å². The van der Waals surface area contributed by atoms with Crippen molar-refractivity contribution in [3.05, 3.63) is 27.4 Å². The first-order valence-corrected chi connectivity index (χ1v) is 7.48. The van der Waals surface area contributed by atoms with Crippen molar-refractivity contribution in [2.24, 2.45) is 0 Å². The molecule has 1 rings (SSSR count). The predicted molar refractivity (Wildman–Crippen MR) is 82.2 cm³/mol. The van der Waals surface area contributed by atoms with E-state index in [1.54, 1.807) is 0 Å². The molecule has 0 fully saturated rings. The number of aliphatic carboxylic acids is 1. The summed E-state index contributed by atoms with van der Waals surface area (Å²) in [6.07, 6.45) is 2.10. The van der Waals surface area contributed by atoms with Crippen LogP contribution in [0.5, 0.6) is 0 Å². The molecular formula is C13H15BrClFN2O3. The van der Waals surface area contributed by atoms with Gasteiger partial charge in [-0.05, 0) is 40.9 Å². The monoisotopic (exact) mass is 380 g/mol. The number of hydrogen-bond donors (Lipinski definition) is 3. The summed E-state index contributed by atoms with van der Waals surface area (Å²) in [6, 6.07) is 1.85. The number of halogens is 3. The van der Waals surface area contributed by atoms with Gasteiger partial charge in [-0.3, -0.25) is 4.79 Å². The van der Waals surface area contributed by atoms with Crippen molar-refractivity contribution in [1.82, 2.24) is 5.32 Å². The third kappa shape index (κ3) is 6.77. The fraction of sp³-hybridized carbons (Fsp3) is 0.385. The molecule has 0 aliphatic heterocycles. The van der Waals surface area contributed by atoms with Crippen LogP contribution in [0.4, 0.5) is 14.9 Å². The van der Waals surface area contributed by atoms with Gasteiger partial charge in [0.15, 0.2) is 0 Å².